The van der Waals surface area contributed by atoms with E-state index in [9.17, 15) is 18.0 Å². The number of halogens is 1. The largest absolute Gasteiger partial charge is 0.383 e. The minimum atomic E-state index is -3.59. The molecule has 2 amide bonds. The lowest BCUT2D eigenvalue weighted by Crippen LogP contribution is -2.59. The number of benzene rings is 1. The molecule has 0 atom stereocenters. The highest BCUT2D eigenvalue weighted by molar-refractivity contribution is 7.89. The van der Waals surface area contributed by atoms with E-state index in [1.807, 2.05) is 0 Å². The van der Waals surface area contributed by atoms with E-state index in [-0.39, 0.29) is 10.9 Å². The number of carbonyl (C=O) groups excluding carboxylic acids is 2. The average Bonchev–Trinajstić information content (AvgIpc) is 2.69. The second kappa shape index (κ2) is 8.77. The van der Waals surface area contributed by atoms with Gasteiger partial charge < -0.3 is 14.5 Å². The van der Waals surface area contributed by atoms with E-state index in [0.717, 1.165) is 0 Å². The molecule has 1 aromatic carbocycles. The van der Waals surface area contributed by atoms with Crippen LogP contribution in [-0.4, -0.2) is 86.8 Å². The van der Waals surface area contributed by atoms with Gasteiger partial charge in [0.25, 0.3) is 0 Å². The van der Waals surface area contributed by atoms with Crippen LogP contribution in [0.2, 0.25) is 5.02 Å². The molecule has 28 heavy (non-hydrogen) atoms. The van der Waals surface area contributed by atoms with E-state index in [0.29, 0.717) is 57.2 Å². The van der Waals surface area contributed by atoms with Crippen LogP contribution in [0.1, 0.15) is 12.8 Å². The van der Waals surface area contributed by atoms with Crippen molar-refractivity contribution in [1.29, 1.82) is 0 Å². The third-order valence-corrected chi connectivity index (χ3v) is 7.39. The molecule has 10 heteroatoms. The molecule has 154 valence electrons. The molecular weight excluding hydrogens is 406 g/mol. The summed E-state index contributed by atoms with van der Waals surface area (Å²) in [7, 11) is -2.04. The van der Waals surface area contributed by atoms with Gasteiger partial charge in [0, 0.05) is 50.9 Å². The van der Waals surface area contributed by atoms with Crippen LogP contribution in [0.3, 0.4) is 0 Å². The number of piperazine rings is 1. The second-order valence-electron chi connectivity index (χ2n) is 6.87. The van der Waals surface area contributed by atoms with Gasteiger partial charge in [0.05, 0.1) is 11.5 Å². The highest BCUT2D eigenvalue weighted by Gasteiger charge is 2.39. The van der Waals surface area contributed by atoms with Crippen LogP contribution in [0, 0.1) is 0 Å². The van der Waals surface area contributed by atoms with Crippen molar-refractivity contribution < 1.29 is 22.7 Å². The van der Waals surface area contributed by atoms with Gasteiger partial charge in [-0.3, -0.25) is 9.59 Å². The lowest BCUT2D eigenvalue weighted by molar-refractivity contribution is -0.158. The molecule has 2 heterocycles. The molecule has 2 fully saturated rings. The Balaban J connectivity index is 1.60. The summed E-state index contributed by atoms with van der Waals surface area (Å²) < 4.78 is 31.9. The Hall–Kier alpha value is -1.68. The third-order valence-electron chi connectivity index (χ3n) is 5.22. The molecule has 0 N–H and O–H groups in total. The van der Waals surface area contributed by atoms with Crippen molar-refractivity contribution in [3.63, 3.8) is 0 Å². The first-order valence-electron chi connectivity index (χ1n) is 9.19. The molecule has 0 aliphatic carbocycles. The van der Waals surface area contributed by atoms with E-state index in [4.69, 9.17) is 16.3 Å². The standard InChI is InChI=1S/C18H24ClN3O5S/c1-27-13-12-20-10-11-22(18(24)17(20)23)15-6-8-21(9-7-15)28(25,26)16-4-2-14(19)3-5-16/h2-5,15H,6-13H2,1H3. The zero-order chi connectivity index (χ0) is 20.3. The number of sulfonamides is 1. The summed E-state index contributed by atoms with van der Waals surface area (Å²) in [5.41, 5.74) is 0. The maximum absolute atomic E-state index is 12.8. The van der Waals surface area contributed by atoms with Crippen LogP contribution in [0.4, 0.5) is 0 Å². The third kappa shape index (κ3) is 4.32. The molecule has 0 spiro atoms. The van der Waals surface area contributed by atoms with Crippen LogP contribution < -0.4 is 0 Å². The highest BCUT2D eigenvalue weighted by Crippen LogP contribution is 2.25. The molecule has 8 nitrogen and oxygen atoms in total. The molecule has 0 bridgehead atoms. The van der Waals surface area contributed by atoms with E-state index in [1.165, 1.54) is 21.3 Å². The Kier molecular flexibility index (Phi) is 6.59. The van der Waals surface area contributed by atoms with Gasteiger partial charge in [-0.25, -0.2) is 8.42 Å². The van der Waals surface area contributed by atoms with Crippen molar-refractivity contribution in [3.8, 4) is 0 Å². The first-order chi connectivity index (χ1) is 13.3. The Labute approximate surface area is 170 Å². The quantitative estimate of drug-likeness (QED) is 0.624. The van der Waals surface area contributed by atoms with Crippen LogP contribution in [-0.2, 0) is 24.3 Å². The molecule has 2 aliphatic rings. The van der Waals surface area contributed by atoms with Gasteiger partial charge >= 0.3 is 11.8 Å². The summed E-state index contributed by atoms with van der Waals surface area (Å²) in [6, 6.07) is 5.96. The number of nitrogens with zero attached hydrogens (tertiary/aromatic N) is 3. The van der Waals surface area contributed by atoms with Crippen molar-refractivity contribution in [2.45, 2.75) is 23.8 Å². The number of methoxy groups -OCH3 is 1. The molecule has 2 aliphatic heterocycles. The minimum absolute atomic E-state index is 0.127. The van der Waals surface area contributed by atoms with E-state index < -0.39 is 21.8 Å². The van der Waals surface area contributed by atoms with Crippen molar-refractivity contribution in [2.24, 2.45) is 0 Å². The normalized spacial score (nSPS) is 20.1. The van der Waals surface area contributed by atoms with Gasteiger partial charge in [-0.2, -0.15) is 4.31 Å². The highest BCUT2D eigenvalue weighted by atomic mass is 35.5. The van der Waals surface area contributed by atoms with E-state index >= 15 is 0 Å². The summed E-state index contributed by atoms with van der Waals surface area (Å²) in [5, 5.41) is 0.477. The number of rotatable bonds is 6. The maximum Gasteiger partial charge on any atom is 0.312 e. The first kappa shape index (κ1) is 21.0. The first-order valence-corrected chi connectivity index (χ1v) is 11.0. The number of hydrogen-bond donors (Lipinski definition) is 0. The van der Waals surface area contributed by atoms with Crippen LogP contribution in [0.15, 0.2) is 29.2 Å². The van der Waals surface area contributed by atoms with Crippen molar-refractivity contribution in [3.05, 3.63) is 29.3 Å². The fourth-order valence-corrected chi connectivity index (χ4v) is 5.20. The number of carbonyl (C=O) groups is 2. The second-order valence-corrected chi connectivity index (χ2v) is 9.25. The summed E-state index contributed by atoms with van der Waals surface area (Å²) >= 11 is 5.83. The van der Waals surface area contributed by atoms with Gasteiger partial charge in [0.15, 0.2) is 0 Å². The fourth-order valence-electron chi connectivity index (χ4n) is 3.60. The topological polar surface area (TPSA) is 87.2 Å². The van der Waals surface area contributed by atoms with Crippen molar-refractivity contribution >= 4 is 33.4 Å². The van der Waals surface area contributed by atoms with Gasteiger partial charge in [-0.1, -0.05) is 11.6 Å². The zero-order valence-corrected chi connectivity index (χ0v) is 17.3. The van der Waals surface area contributed by atoms with Crippen LogP contribution in [0.25, 0.3) is 0 Å². The van der Waals surface area contributed by atoms with Gasteiger partial charge in [-0.15, -0.1) is 0 Å². The summed E-state index contributed by atoms with van der Waals surface area (Å²) in [6.07, 6.45) is 1.01. The van der Waals surface area contributed by atoms with Gasteiger partial charge in [0.2, 0.25) is 10.0 Å². The molecule has 0 radical (unpaired) electrons. The molecular formula is C18H24ClN3O5S. The SMILES string of the molecule is COCCN1CCN(C2CCN(S(=O)(=O)c3ccc(Cl)cc3)CC2)C(=O)C1=O. The van der Waals surface area contributed by atoms with Gasteiger partial charge in [-0.05, 0) is 37.1 Å². The van der Waals surface area contributed by atoms with E-state index in [1.54, 1.807) is 24.1 Å². The van der Waals surface area contributed by atoms with Crippen LogP contribution >= 0.6 is 11.6 Å². The van der Waals surface area contributed by atoms with Crippen LogP contribution in [0.5, 0.6) is 0 Å². The lowest BCUT2D eigenvalue weighted by Gasteiger charge is -2.41. The minimum Gasteiger partial charge on any atom is -0.383 e. The predicted octanol–water partition coefficient (Wildman–Crippen LogP) is 0.810. The summed E-state index contributed by atoms with van der Waals surface area (Å²) in [5.74, 6) is -1.03. The maximum atomic E-state index is 12.8. The van der Waals surface area contributed by atoms with E-state index in [2.05, 4.69) is 0 Å². The molecule has 3 rings (SSSR count). The molecule has 2 saturated heterocycles. The number of piperidine rings is 1. The molecule has 0 saturated carbocycles. The smallest absolute Gasteiger partial charge is 0.312 e. The Morgan fingerprint density at radius 1 is 1.04 bits per heavy atom. The van der Waals surface area contributed by atoms with Crippen molar-refractivity contribution in [2.75, 3.05) is 46.4 Å². The molecule has 1 aromatic rings. The number of hydrogen-bond acceptors (Lipinski definition) is 5. The number of ether oxygens (including phenoxy) is 1. The fraction of sp³-hybridized carbons (Fsp3) is 0.556. The predicted molar refractivity (Wildman–Crippen MR) is 103 cm³/mol. The summed E-state index contributed by atoms with van der Waals surface area (Å²) in [6.45, 7) is 2.33. The van der Waals surface area contributed by atoms with Crippen molar-refractivity contribution in [1.82, 2.24) is 14.1 Å². The Morgan fingerprint density at radius 2 is 1.68 bits per heavy atom. The monoisotopic (exact) mass is 429 g/mol. The molecule has 0 unspecified atom stereocenters. The number of amides is 2. The zero-order valence-electron chi connectivity index (χ0n) is 15.7. The Morgan fingerprint density at radius 3 is 2.29 bits per heavy atom. The average molecular weight is 430 g/mol. The molecule has 0 aromatic heterocycles. The summed E-state index contributed by atoms with van der Waals surface area (Å²) in [4.78, 5) is 28.1. The lowest BCUT2D eigenvalue weighted by atomic mass is 10.0. The Bertz CT molecular complexity index is 822. The van der Waals surface area contributed by atoms with Gasteiger partial charge in [0.1, 0.15) is 0 Å².